The van der Waals surface area contributed by atoms with Gasteiger partial charge in [-0.2, -0.15) is 0 Å². The zero-order chi connectivity index (χ0) is 16.2. The third kappa shape index (κ3) is 5.26. The smallest absolute Gasteiger partial charge is 0.241 e. The lowest BCUT2D eigenvalue weighted by Gasteiger charge is -2.35. The molecule has 3 unspecified atom stereocenters. The van der Waals surface area contributed by atoms with Crippen molar-refractivity contribution in [1.29, 1.82) is 0 Å². The van der Waals surface area contributed by atoms with E-state index in [0.29, 0.717) is 23.8 Å². The molecular weight excluding hydrogens is 262 g/mol. The lowest BCUT2D eigenvalue weighted by Crippen LogP contribution is -2.49. The number of hydrogen-bond acceptors (Lipinski definition) is 3. The monoisotopic (exact) mass is 297 g/mol. The maximum atomic E-state index is 12.9. The van der Waals surface area contributed by atoms with Crippen molar-refractivity contribution < 1.29 is 4.79 Å². The van der Waals surface area contributed by atoms with E-state index in [4.69, 9.17) is 0 Å². The van der Waals surface area contributed by atoms with Crippen LogP contribution in [-0.2, 0) is 4.79 Å². The number of nitrogens with zero attached hydrogens (tertiary/aromatic N) is 2. The summed E-state index contributed by atoms with van der Waals surface area (Å²) in [5, 5.41) is 3.56. The van der Waals surface area contributed by atoms with Gasteiger partial charge in [-0.3, -0.25) is 10.1 Å². The van der Waals surface area contributed by atoms with Gasteiger partial charge in [0, 0.05) is 12.6 Å². The summed E-state index contributed by atoms with van der Waals surface area (Å²) in [7, 11) is 4.18. The van der Waals surface area contributed by atoms with Gasteiger partial charge in [-0.05, 0) is 45.2 Å². The summed E-state index contributed by atoms with van der Waals surface area (Å²) < 4.78 is 0. The minimum absolute atomic E-state index is 0.00627. The molecule has 4 nitrogen and oxygen atoms in total. The Bertz CT molecular complexity index is 318. The predicted molar refractivity (Wildman–Crippen MR) is 89.1 cm³/mol. The van der Waals surface area contributed by atoms with Crippen molar-refractivity contribution in [2.24, 2.45) is 11.8 Å². The van der Waals surface area contributed by atoms with Crippen LogP contribution in [0.15, 0.2) is 0 Å². The van der Waals surface area contributed by atoms with Crippen LogP contribution in [0.1, 0.15) is 53.9 Å². The molecule has 1 N–H and O–H groups in total. The molecule has 1 aliphatic heterocycles. The van der Waals surface area contributed by atoms with Gasteiger partial charge in [0.25, 0.3) is 0 Å². The molecule has 21 heavy (non-hydrogen) atoms. The molecule has 0 aliphatic carbocycles. The van der Waals surface area contributed by atoms with Gasteiger partial charge in [0.15, 0.2) is 0 Å². The molecule has 0 aromatic carbocycles. The van der Waals surface area contributed by atoms with E-state index in [1.807, 2.05) is 0 Å². The number of hydrogen-bond donors (Lipinski definition) is 1. The molecule has 4 heteroatoms. The Hall–Kier alpha value is -0.610. The Kier molecular flexibility index (Phi) is 7.14. The van der Waals surface area contributed by atoms with Gasteiger partial charge in [-0.15, -0.1) is 0 Å². The molecule has 0 aromatic rings. The summed E-state index contributed by atoms with van der Waals surface area (Å²) in [4.78, 5) is 17.2. The van der Waals surface area contributed by atoms with Crippen molar-refractivity contribution in [3.8, 4) is 0 Å². The Balaban J connectivity index is 2.89. The van der Waals surface area contributed by atoms with Crippen LogP contribution < -0.4 is 5.32 Å². The Morgan fingerprint density at radius 3 is 2.24 bits per heavy atom. The highest BCUT2D eigenvalue weighted by molar-refractivity contribution is 5.84. The maximum Gasteiger partial charge on any atom is 0.241 e. The van der Waals surface area contributed by atoms with Crippen LogP contribution in [-0.4, -0.2) is 54.6 Å². The Labute approximate surface area is 131 Å². The van der Waals surface area contributed by atoms with E-state index >= 15 is 0 Å². The van der Waals surface area contributed by atoms with Crippen molar-refractivity contribution in [2.45, 2.75) is 72.1 Å². The molecule has 0 bridgehead atoms. The quantitative estimate of drug-likeness (QED) is 0.748. The molecule has 0 saturated carbocycles. The second kappa shape index (κ2) is 8.14. The molecule has 124 valence electrons. The summed E-state index contributed by atoms with van der Waals surface area (Å²) in [6, 6.07) is 0.314. The number of carbonyl (C=O) groups is 1. The minimum Gasteiger partial charge on any atom is -0.322 e. The molecule has 1 saturated heterocycles. The van der Waals surface area contributed by atoms with Crippen LogP contribution in [0.2, 0.25) is 0 Å². The van der Waals surface area contributed by atoms with Gasteiger partial charge in [0.05, 0.1) is 12.2 Å². The molecule has 1 amide bonds. The average Bonchev–Trinajstić information content (AvgIpc) is 2.63. The predicted octanol–water partition coefficient (Wildman–Crippen LogP) is 2.55. The zero-order valence-corrected chi connectivity index (χ0v) is 15.0. The van der Waals surface area contributed by atoms with Crippen LogP contribution in [0.3, 0.4) is 0 Å². The number of amides is 1. The van der Waals surface area contributed by atoms with Crippen LogP contribution in [0.25, 0.3) is 0 Å². The first-order chi connectivity index (χ1) is 9.76. The van der Waals surface area contributed by atoms with E-state index in [2.05, 4.69) is 63.8 Å². The number of nitrogens with one attached hydrogen (secondary N) is 1. The molecule has 0 aromatic heterocycles. The molecule has 1 fully saturated rings. The van der Waals surface area contributed by atoms with Crippen LogP contribution >= 0.6 is 0 Å². The molecule has 1 rings (SSSR count). The fraction of sp³-hybridized carbons (Fsp3) is 0.941. The first kappa shape index (κ1) is 18.4. The van der Waals surface area contributed by atoms with Crippen molar-refractivity contribution in [1.82, 2.24) is 15.1 Å². The summed E-state index contributed by atoms with van der Waals surface area (Å²) in [5.41, 5.74) is 0. The van der Waals surface area contributed by atoms with Crippen LogP contribution in [0.5, 0.6) is 0 Å². The van der Waals surface area contributed by atoms with Gasteiger partial charge < -0.3 is 9.80 Å². The Morgan fingerprint density at radius 1 is 1.19 bits per heavy atom. The maximum absolute atomic E-state index is 12.9. The van der Waals surface area contributed by atoms with Crippen molar-refractivity contribution in [3.05, 3.63) is 0 Å². The van der Waals surface area contributed by atoms with E-state index in [-0.39, 0.29) is 12.2 Å². The topological polar surface area (TPSA) is 35.6 Å². The highest BCUT2D eigenvalue weighted by atomic mass is 16.2. The van der Waals surface area contributed by atoms with Crippen LogP contribution in [0, 0.1) is 11.8 Å². The molecular formula is C17H35N3O. The standard InChI is InChI=1S/C17H35N3O/c1-8-16-18-15(10-13(4)5)17(21)20(16)14(9-12(2)3)11-19(6)7/h12-16,18H,8-11H2,1-7H3. The van der Waals surface area contributed by atoms with E-state index in [9.17, 15) is 4.79 Å². The normalized spacial score (nSPS) is 24.7. The molecule has 1 aliphatic rings. The average molecular weight is 297 g/mol. The third-order valence-electron chi connectivity index (χ3n) is 4.09. The zero-order valence-electron chi connectivity index (χ0n) is 15.0. The molecule has 0 spiro atoms. The van der Waals surface area contributed by atoms with Gasteiger partial charge in [-0.25, -0.2) is 0 Å². The van der Waals surface area contributed by atoms with Gasteiger partial charge >= 0.3 is 0 Å². The number of carbonyl (C=O) groups excluding carboxylic acids is 1. The summed E-state index contributed by atoms with van der Waals surface area (Å²) in [5.74, 6) is 1.45. The molecule has 3 atom stereocenters. The van der Waals surface area contributed by atoms with Crippen LogP contribution in [0.4, 0.5) is 0 Å². The Morgan fingerprint density at radius 2 is 1.81 bits per heavy atom. The van der Waals surface area contributed by atoms with E-state index < -0.39 is 0 Å². The number of rotatable bonds is 8. The number of likely N-dealkylation sites (N-methyl/N-ethyl adjacent to an activating group) is 1. The summed E-state index contributed by atoms with van der Waals surface area (Å²) in [6.45, 7) is 12.0. The second-order valence-corrected chi connectivity index (χ2v) is 7.56. The molecule has 1 heterocycles. The third-order valence-corrected chi connectivity index (χ3v) is 4.09. The minimum atomic E-state index is 0.00627. The first-order valence-electron chi connectivity index (χ1n) is 8.49. The van der Waals surface area contributed by atoms with E-state index in [1.54, 1.807) is 0 Å². The summed E-state index contributed by atoms with van der Waals surface area (Å²) in [6.07, 6.45) is 3.17. The highest BCUT2D eigenvalue weighted by Gasteiger charge is 2.41. The van der Waals surface area contributed by atoms with Crippen molar-refractivity contribution in [2.75, 3.05) is 20.6 Å². The van der Waals surface area contributed by atoms with Gasteiger partial charge in [0.2, 0.25) is 5.91 Å². The van der Waals surface area contributed by atoms with Gasteiger partial charge in [0.1, 0.15) is 0 Å². The molecule has 0 radical (unpaired) electrons. The fourth-order valence-electron chi connectivity index (χ4n) is 3.35. The fourth-order valence-corrected chi connectivity index (χ4v) is 3.35. The highest BCUT2D eigenvalue weighted by Crippen LogP contribution is 2.24. The van der Waals surface area contributed by atoms with E-state index in [1.165, 1.54) is 0 Å². The largest absolute Gasteiger partial charge is 0.322 e. The SMILES string of the molecule is CCC1NC(CC(C)C)C(=O)N1C(CC(C)C)CN(C)C. The lowest BCUT2D eigenvalue weighted by molar-refractivity contribution is -0.133. The first-order valence-corrected chi connectivity index (χ1v) is 8.49. The van der Waals surface area contributed by atoms with E-state index in [0.717, 1.165) is 25.8 Å². The summed E-state index contributed by atoms with van der Waals surface area (Å²) >= 11 is 0. The van der Waals surface area contributed by atoms with Gasteiger partial charge in [-0.1, -0.05) is 34.6 Å². The lowest BCUT2D eigenvalue weighted by atomic mass is 10.00. The second-order valence-electron chi connectivity index (χ2n) is 7.56. The van der Waals surface area contributed by atoms with Crippen molar-refractivity contribution >= 4 is 5.91 Å². The van der Waals surface area contributed by atoms with Crippen molar-refractivity contribution in [3.63, 3.8) is 0 Å².